The van der Waals surface area contributed by atoms with Crippen LogP contribution in [0.4, 0.5) is 0 Å². The lowest BCUT2D eigenvalue weighted by Gasteiger charge is -2.10. The number of aryl methyl sites for hydroxylation is 1. The Morgan fingerprint density at radius 1 is 1.09 bits per heavy atom. The van der Waals surface area contributed by atoms with Crippen LogP contribution in [0.25, 0.3) is 17.1 Å². The van der Waals surface area contributed by atoms with Crippen molar-refractivity contribution >= 4 is 10.0 Å². The number of rotatable bonds is 3. The van der Waals surface area contributed by atoms with Gasteiger partial charge in [0.05, 0.1) is 16.3 Å². The molecule has 6 heteroatoms. The van der Waals surface area contributed by atoms with Crippen molar-refractivity contribution in [3.05, 3.63) is 66.5 Å². The maximum Gasteiger partial charge on any atom is 0.238 e. The van der Waals surface area contributed by atoms with E-state index in [4.69, 9.17) is 5.14 Å². The van der Waals surface area contributed by atoms with Crippen LogP contribution in [0.5, 0.6) is 0 Å². The minimum Gasteiger partial charge on any atom is -0.315 e. The quantitative estimate of drug-likeness (QED) is 0.807. The van der Waals surface area contributed by atoms with E-state index in [0.717, 1.165) is 22.6 Å². The van der Waals surface area contributed by atoms with Gasteiger partial charge in [-0.3, -0.25) is 4.98 Å². The number of hydrogen-bond acceptors (Lipinski definition) is 3. The van der Waals surface area contributed by atoms with Gasteiger partial charge in [-0.2, -0.15) is 0 Å². The van der Waals surface area contributed by atoms with Crippen molar-refractivity contribution in [2.24, 2.45) is 5.14 Å². The normalized spacial score (nSPS) is 11.5. The SMILES string of the molecule is Cc1ccnc(-c2cccn2-c2ccc(S(N)(=O)=O)cc2)c1. The Hall–Kier alpha value is -2.44. The van der Waals surface area contributed by atoms with Crippen molar-refractivity contribution in [3.8, 4) is 17.1 Å². The summed E-state index contributed by atoms with van der Waals surface area (Å²) in [4.78, 5) is 4.48. The first-order valence-electron chi connectivity index (χ1n) is 6.69. The number of hydrogen-bond donors (Lipinski definition) is 1. The molecule has 0 atom stereocenters. The van der Waals surface area contributed by atoms with E-state index in [1.807, 2.05) is 42.0 Å². The van der Waals surface area contributed by atoms with Gasteiger partial charge in [-0.05, 0) is 61.0 Å². The highest BCUT2D eigenvalue weighted by molar-refractivity contribution is 7.89. The number of benzene rings is 1. The lowest BCUT2D eigenvalue weighted by molar-refractivity contribution is 0.598. The second-order valence-electron chi connectivity index (χ2n) is 5.02. The van der Waals surface area contributed by atoms with Crippen LogP contribution < -0.4 is 5.14 Å². The van der Waals surface area contributed by atoms with Crippen LogP contribution in [0.1, 0.15) is 5.56 Å². The molecule has 3 aromatic rings. The number of sulfonamides is 1. The number of nitrogens with two attached hydrogens (primary N) is 1. The molecule has 0 aliphatic carbocycles. The standard InChI is InChI=1S/C16H15N3O2S/c1-12-8-9-18-15(11-12)16-3-2-10-19(16)13-4-6-14(7-5-13)22(17,20)21/h2-11H,1H3,(H2,17,20,21). The molecule has 5 nitrogen and oxygen atoms in total. The zero-order chi connectivity index (χ0) is 15.7. The first-order valence-corrected chi connectivity index (χ1v) is 8.23. The molecule has 0 saturated carbocycles. The van der Waals surface area contributed by atoms with Crippen LogP contribution in [0.2, 0.25) is 0 Å². The topological polar surface area (TPSA) is 78.0 Å². The Morgan fingerprint density at radius 3 is 2.45 bits per heavy atom. The second-order valence-corrected chi connectivity index (χ2v) is 6.58. The van der Waals surface area contributed by atoms with Gasteiger partial charge >= 0.3 is 0 Å². The molecule has 112 valence electrons. The Kier molecular flexibility index (Phi) is 3.56. The molecule has 1 aromatic carbocycles. The van der Waals surface area contributed by atoms with Gasteiger partial charge in [0.1, 0.15) is 0 Å². The lowest BCUT2D eigenvalue weighted by Crippen LogP contribution is -2.12. The van der Waals surface area contributed by atoms with E-state index in [1.165, 1.54) is 12.1 Å². The number of primary sulfonamides is 1. The molecule has 2 N–H and O–H groups in total. The minimum absolute atomic E-state index is 0.0960. The van der Waals surface area contributed by atoms with Gasteiger partial charge in [0.25, 0.3) is 0 Å². The van der Waals surface area contributed by atoms with Gasteiger partial charge in [-0.1, -0.05) is 0 Å². The third kappa shape index (κ3) is 2.79. The van der Waals surface area contributed by atoms with Gasteiger partial charge in [-0.15, -0.1) is 0 Å². The number of pyridine rings is 1. The third-order valence-electron chi connectivity index (χ3n) is 3.37. The number of aromatic nitrogens is 2. The van der Waals surface area contributed by atoms with Crippen molar-refractivity contribution in [1.29, 1.82) is 0 Å². The van der Waals surface area contributed by atoms with Gasteiger partial charge in [0.2, 0.25) is 10.0 Å². The highest BCUT2D eigenvalue weighted by Gasteiger charge is 2.10. The summed E-state index contributed by atoms with van der Waals surface area (Å²) < 4.78 is 24.6. The maximum absolute atomic E-state index is 11.3. The average molecular weight is 313 g/mol. The molecule has 0 unspecified atom stereocenters. The van der Waals surface area contributed by atoms with E-state index in [2.05, 4.69) is 4.98 Å². The molecule has 2 aromatic heterocycles. The van der Waals surface area contributed by atoms with Crippen LogP contribution in [-0.2, 0) is 10.0 Å². The molecule has 0 amide bonds. The predicted octanol–water partition coefficient (Wildman–Crippen LogP) is 2.50. The van der Waals surface area contributed by atoms with Crippen molar-refractivity contribution in [2.45, 2.75) is 11.8 Å². The van der Waals surface area contributed by atoms with Crippen molar-refractivity contribution < 1.29 is 8.42 Å². The first-order chi connectivity index (χ1) is 10.4. The Bertz CT molecular complexity index is 913. The highest BCUT2D eigenvalue weighted by Crippen LogP contribution is 2.23. The summed E-state index contributed by atoms with van der Waals surface area (Å²) in [5.41, 5.74) is 3.77. The smallest absolute Gasteiger partial charge is 0.238 e. The number of nitrogens with zero attached hydrogens (tertiary/aromatic N) is 2. The fourth-order valence-corrected chi connectivity index (χ4v) is 2.80. The summed E-state index contributed by atoms with van der Waals surface area (Å²) in [6.45, 7) is 2.01. The molecule has 2 heterocycles. The summed E-state index contributed by atoms with van der Waals surface area (Å²) in [5, 5.41) is 5.12. The van der Waals surface area contributed by atoms with Gasteiger partial charge in [0, 0.05) is 18.1 Å². The molecule has 0 aliphatic heterocycles. The molecule has 0 spiro atoms. The molecule has 0 saturated heterocycles. The van der Waals surface area contributed by atoms with E-state index in [9.17, 15) is 8.42 Å². The monoisotopic (exact) mass is 313 g/mol. The Balaban J connectivity index is 2.06. The largest absolute Gasteiger partial charge is 0.315 e. The Labute approximate surface area is 129 Å². The van der Waals surface area contributed by atoms with E-state index >= 15 is 0 Å². The van der Waals surface area contributed by atoms with Crippen LogP contribution in [0, 0.1) is 6.92 Å². The molecular formula is C16H15N3O2S. The minimum atomic E-state index is -3.68. The summed E-state index contributed by atoms with van der Waals surface area (Å²) >= 11 is 0. The highest BCUT2D eigenvalue weighted by atomic mass is 32.2. The fourth-order valence-electron chi connectivity index (χ4n) is 2.29. The summed E-state index contributed by atoms with van der Waals surface area (Å²) in [7, 11) is -3.68. The fraction of sp³-hybridized carbons (Fsp3) is 0.0625. The predicted molar refractivity (Wildman–Crippen MR) is 85.1 cm³/mol. The molecule has 3 rings (SSSR count). The summed E-state index contributed by atoms with van der Waals surface area (Å²) in [5.74, 6) is 0. The van der Waals surface area contributed by atoms with E-state index in [0.29, 0.717) is 0 Å². The van der Waals surface area contributed by atoms with Crippen molar-refractivity contribution in [1.82, 2.24) is 9.55 Å². The molecule has 0 bridgehead atoms. The van der Waals surface area contributed by atoms with Gasteiger partial charge in [-0.25, -0.2) is 13.6 Å². The van der Waals surface area contributed by atoms with Gasteiger partial charge < -0.3 is 4.57 Å². The molecule has 0 fully saturated rings. The second kappa shape index (κ2) is 5.40. The zero-order valence-electron chi connectivity index (χ0n) is 12.0. The average Bonchev–Trinajstić information content (AvgIpc) is 2.96. The first kappa shape index (κ1) is 14.5. The van der Waals surface area contributed by atoms with Crippen LogP contribution in [0.15, 0.2) is 65.8 Å². The van der Waals surface area contributed by atoms with Crippen molar-refractivity contribution in [3.63, 3.8) is 0 Å². The lowest BCUT2D eigenvalue weighted by atomic mass is 10.2. The molecule has 22 heavy (non-hydrogen) atoms. The van der Waals surface area contributed by atoms with Crippen molar-refractivity contribution in [2.75, 3.05) is 0 Å². The van der Waals surface area contributed by atoms with Crippen LogP contribution in [0.3, 0.4) is 0 Å². The van der Waals surface area contributed by atoms with E-state index < -0.39 is 10.0 Å². The summed E-state index contributed by atoms with van der Waals surface area (Å²) in [6.07, 6.45) is 3.68. The van der Waals surface area contributed by atoms with Crippen LogP contribution in [-0.4, -0.2) is 18.0 Å². The van der Waals surface area contributed by atoms with Crippen LogP contribution >= 0.6 is 0 Å². The summed E-state index contributed by atoms with van der Waals surface area (Å²) in [6, 6.07) is 14.3. The molecule has 0 aliphatic rings. The Morgan fingerprint density at radius 2 is 1.82 bits per heavy atom. The molecule has 0 radical (unpaired) electrons. The molecular weight excluding hydrogens is 298 g/mol. The van der Waals surface area contributed by atoms with Gasteiger partial charge in [0.15, 0.2) is 0 Å². The third-order valence-corrected chi connectivity index (χ3v) is 4.30. The zero-order valence-corrected chi connectivity index (χ0v) is 12.8. The van der Waals surface area contributed by atoms with E-state index in [-0.39, 0.29) is 4.90 Å². The maximum atomic E-state index is 11.3. The van der Waals surface area contributed by atoms with E-state index in [1.54, 1.807) is 18.3 Å².